The van der Waals surface area contributed by atoms with Gasteiger partial charge in [0.25, 0.3) is 0 Å². The molecule has 0 aliphatic carbocycles. The van der Waals surface area contributed by atoms with Crippen LogP contribution in [-0.2, 0) is 13.1 Å². The van der Waals surface area contributed by atoms with Gasteiger partial charge in [-0.05, 0) is 22.3 Å². The van der Waals surface area contributed by atoms with Crippen molar-refractivity contribution < 1.29 is 9.13 Å². The molecule has 0 fully saturated rings. The Bertz CT molecular complexity index is 824. The molecular weight excluding hydrogens is 340 g/mol. The van der Waals surface area contributed by atoms with E-state index in [1.165, 1.54) is 22.3 Å². The van der Waals surface area contributed by atoms with Crippen LogP contribution < -0.4 is 9.13 Å². The third-order valence-corrected chi connectivity index (χ3v) is 4.67. The maximum Gasteiger partial charge on any atom is 0.169 e. The molecule has 0 amide bonds. The summed E-state index contributed by atoms with van der Waals surface area (Å²) >= 11 is 0. The molecular formula is C26H30N2+2. The summed E-state index contributed by atoms with van der Waals surface area (Å²) in [6, 6.07) is 17.3. The summed E-state index contributed by atoms with van der Waals surface area (Å²) < 4.78 is 4.43. The van der Waals surface area contributed by atoms with Crippen LogP contribution >= 0.6 is 0 Å². The Morgan fingerprint density at radius 1 is 0.500 bits per heavy atom. The van der Waals surface area contributed by atoms with Gasteiger partial charge in [-0.1, -0.05) is 62.4 Å². The predicted molar refractivity (Wildman–Crippen MR) is 118 cm³/mol. The van der Waals surface area contributed by atoms with E-state index in [-0.39, 0.29) is 0 Å². The first-order valence-electron chi connectivity index (χ1n) is 10.2. The van der Waals surface area contributed by atoms with Crippen LogP contribution in [0.3, 0.4) is 0 Å². The highest BCUT2D eigenvalue weighted by molar-refractivity contribution is 5.72. The largest absolute Gasteiger partial charge is 0.205 e. The van der Waals surface area contributed by atoms with Crippen LogP contribution in [0.25, 0.3) is 24.3 Å². The van der Waals surface area contributed by atoms with Gasteiger partial charge in [0.2, 0.25) is 0 Å². The van der Waals surface area contributed by atoms with Crippen molar-refractivity contribution in [3.8, 4) is 0 Å². The Hall–Kier alpha value is -3.00. The molecule has 3 rings (SSSR count). The second-order valence-electron chi connectivity index (χ2n) is 7.07. The smallest absolute Gasteiger partial charge is 0.169 e. The van der Waals surface area contributed by atoms with Gasteiger partial charge in [-0.2, -0.15) is 0 Å². The van der Waals surface area contributed by atoms with E-state index in [0.29, 0.717) is 0 Å². The molecule has 3 aromatic rings. The number of pyridine rings is 2. The average Bonchev–Trinajstić information content (AvgIpc) is 2.74. The summed E-state index contributed by atoms with van der Waals surface area (Å²) in [5.41, 5.74) is 4.87. The lowest BCUT2D eigenvalue weighted by molar-refractivity contribution is -0.697. The monoisotopic (exact) mass is 370 g/mol. The van der Waals surface area contributed by atoms with Gasteiger partial charge < -0.3 is 0 Å². The minimum Gasteiger partial charge on any atom is -0.205 e. The summed E-state index contributed by atoms with van der Waals surface area (Å²) in [6.07, 6.45) is 19.5. The van der Waals surface area contributed by atoms with E-state index in [9.17, 15) is 0 Å². The number of nitrogens with zero attached hydrogens (tertiary/aromatic N) is 2. The van der Waals surface area contributed by atoms with Gasteiger partial charge >= 0.3 is 0 Å². The summed E-state index contributed by atoms with van der Waals surface area (Å²) in [5.74, 6) is 0. The molecule has 28 heavy (non-hydrogen) atoms. The lowest BCUT2D eigenvalue weighted by Crippen LogP contribution is -2.31. The first-order chi connectivity index (χ1) is 13.8. The van der Waals surface area contributed by atoms with E-state index in [1.807, 2.05) is 0 Å². The highest BCUT2D eigenvalue weighted by Gasteiger charge is 1.98. The Morgan fingerprint density at radius 3 is 1.07 bits per heavy atom. The number of benzene rings is 1. The molecule has 2 heterocycles. The Morgan fingerprint density at radius 2 is 0.786 bits per heavy atom. The number of rotatable bonds is 8. The first kappa shape index (κ1) is 19.8. The van der Waals surface area contributed by atoms with E-state index in [0.717, 1.165) is 25.9 Å². The van der Waals surface area contributed by atoms with Crippen LogP contribution in [0.1, 0.15) is 48.9 Å². The van der Waals surface area contributed by atoms with Crippen molar-refractivity contribution >= 4 is 24.3 Å². The van der Waals surface area contributed by atoms with Gasteiger partial charge in [-0.15, -0.1) is 0 Å². The molecule has 0 saturated carbocycles. The fourth-order valence-corrected chi connectivity index (χ4v) is 3.08. The predicted octanol–water partition coefficient (Wildman–Crippen LogP) is 5.42. The molecule has 0 spiro atoms. The van der Waals surface area contributed by atoms with E-state index < -0.39 is 0 Å². The number of hydrogen-bond acceptors (Lipinski definition) is 0. The molecule has 0 atom stereocenters. The molecule has 0 bridgehead atoms. The summed E-state index contributed by atoms with van der Waals surface area (Å²) in [6.45, 7) is 6.53. The van der Waals surface area contributed by atoms with E-state index in [2.05, 4.69) is 121 Å². The van der Waals surface area contributed by atoms with Crippen LogP contribution in [0.5, 0.6) is 0 Å². The zero-order valence-electron chi connectivity index (χ0n) is 17.0. The van der Waals surface area contributed by atoms with Crippen molar-refractivity contribution in [1.82, 2.24) is 0 Å². The normalized spacial score (nSPS) is 11.5. The quantitative estimate of drug-likeness (QED) is 0.468. The van der Waals surface area contributed by atoms with Gasteiger partial charge in [0.1, 0.15) is 13.1 Å². The van der Waals surface area contributed by atoms with Gasteiger partial charge in [0.05, 0.1) is 0 Å². The molecule has 0 radical (unpaired) electrons. The molecule has 1 aromatic carbocycles. The minimum atomic E-state index is 1.07. The van der Waals surface area contributed by atoms with Gasteiger partial charge in [0, 0.05) is 37.1 Å². The molecule has 0 saturated heterocycles. The van der Waals surface area contributed by atoms with Crippen molar-refractivity contribution in [3.05, 3.63) is 95.6 Å². The SMILES string of the molecule is CCC[n+]1ccc(/C=C/c2ccc(/C=C/c3cc[n+](CCC)cc3)cc2)cc1. The maximum atomic E-state index is 2.22. The highest BCUT2D eigenvalue weighted by Crippen LogP contribution is 2.12. The van der Waals surface area contributed by atoms with Crippen molar-refractivity contribution in [2.45, 2.75) is 39.8 Å². The fraction of sp³-hybridized carbons (Fsp3) is 0.231. The third-order valence-electron chi connectivity index (χ3n) is 4.67. The second-order valence-corrected chi connectivity index (χ2v) is 7.07. The van der Waals surface area contributed by atoms with Crippen LogP contribution in [0.4, 0.5) is 0 Å². The van der Waals surface area contributed by atoms with Gasteiger partial charge in [-0.25, -0.2) is 9.13 Å². The van der Waals surface area contributed by atoms with Crippen molar-refractivity contribution in [3.63, 3.8) is 0 Å². The van der Waals surface area contributed by atoms with Crippen molar-refractivity contribution in [2.24, 2.45) is 0 Å². The minimum absolute atomic E-state index is 1.07. The number of aromatic nitrogens is 2. The van der Waals surface area contributed by atoms with Gasteiger partial charge in [-0.3, -0.25) is 0 Å². The summed E-state index contributed by atoms with van der Waals surface area (Å²) in [7, 11) is 0. The molecule has 0 aliphatic heterocycles. The van der Waals surface area contributed by atoms with E-state index in [1.54, 1.807) is 0 Å². The molecule has 0 unspecified atom stereocenters. The summed E-state index contributed by atoms with van der Waals surface area (Å²) in [4.78, 5) is 0. The zero-order valence-corrected chi connectivity index (χ0v) is 17.0. The lowest BCUT2D eigenvalue weighted by atomic mass is 10.1. The Kier molecular flexibility index (Phi) is 7.31. The average molecular weight is 371 g/mol. The highest BCUT2D eigenvalue weighted by atomic mass is 14.9. The molecule has 0 N–H and O–H groups in total. The lowest BCUT2D eigenvalue weighted by Gasteiger charge is -1.98. The van der Waals surface area contributed by atoms with Crippen LogP contribution in [0.15, 0.2) is 73.3 Å². The van der Waals surface area contributed by atoms with E-state index >= 15 is 0 Å². The van der Waals surface area contributed by atoms with Crippen LogP contribution in [0.2, 0.25) is 0 Å². The molecule has 2 nitrogen and oxygen atoms in total. The first-order valence-corrected chi connectivity index (χ1v) is 10.2. The fourth-order valence-electron chi connectivity index (χ4n) is 3.08. The maximum absolute atomic E-state index is 2.22. The molecule has 2 aromatic heterocycles. The summed E-state index contributed by atoms with van der Waals surface area (Å²) in [5, 5.41) is 0. The number of aryl methyl sites for hydroxylation is 2. The van der Waals surface area contributed by atoms with Crippen LogP contribution in [0, 0.1) is 0 Å². The Labute approximate surface area is 169 Å². The standard InChI is InChI=1S/C26H30N2/c1-3-17-27-19-13-25(14-20-27)11-9-23-5-7-24(8-6-23)10-12-26-15-21-28(18-4-2)22-16-26/h5-16,19-22H,3-4,17-18H2,1-2H3/q+2/b11-9+,12-10+. The molecule has 142 valence electrons. The van der Waals surface area contributed by atoms with Crippen LogP contribution in [-0.4, -0.2) is 0 Å². The van der Waals surface area contributed by atoms with Crippen molar-refractivity contribution in [2.75, 3.05) is 0 Å². The topological polar surface area (TPSA) is 7.76 Å². The third kappa shape index (κ3) is 6.02. The second kappa shape index (κ2) is 10.4. The molecule has 0 aliphatic rings. The Balaban J connectivity index is 1.59. The van der Waals surface area contributed by atoms with Crippen molar-refractivity contribution in [1.29, 1.82) is 0 Å². The molecule has 2 heteroatoms. The zero-order chi connectivity index (χ0) is 19.6. The number of hydrogen-bond donors (Lipinski definition) is 0. The van der Waals surface area contributed by atoms with Gasteiger partial charge in [0.15, 0.2) is 24.8 Å². The van der Waals surface area contributed by atoms with E-state index in [4.69, 9.17) is 0 Å².